The lowest BCUT2D eigenvalue weighted by atomic mass is 10.2. The minimum Gasteiger partial charge on any atom is -0.455 e. The maximum absolute atomic E-state index is 12.3. The maximum atomic E-state index is 12.3. The molecular formula is C12H17N3O4. The van der Waals surface area contributed by atoms with Gasteiger partial charge in [-0.1, -0.05) is 0 Å². The van der Waals surface area contributed by atoms with Gasteiger partial charge >= 0.3 is 0 Å². The highest BCUT2D eigenvalue weighted by Crippen LogP contribution is 2.15. The molecule has 1 aliphatic rings. The van der Waals surface area contributed by atoms with Crippen LogP contribution in [0.5, 0.6) is 0 Å². The number of rotatable bonds is 3. The molecule has 0 aromatic carbocycles. The summed E-state index contributed by atoms with van der Waals surface area (Å²) in [5, 5.41) is 2.52. The summed E-state index contributed by atoms with van der Waals surface area (Å²) < 4.78 is 10.6. The van der Waals surface area contributed by atoms with E-state index in [4.69, 9.17) is 14.9 Å². The van der Waals surface area contributed by atoms with E-state index in [1.54, 1.807) is 12.1 Å². The van der Waals surface area contributed by atoms with Crippen molar-refractivity contribution in [2.45, 2.75) is 12.6 Å². The van der Waals surface area contributed by atoms with Gasteiger partial charge in [-0.15, -0.1) is 0 Å². The standard InChI is InChI=1S/C12H17N3O4/c1-14-11(16)9-7-18-5-4-15(9)12(17)10-3-2-8(6-13)19-10/h2-3,9H,4-7,13H2,1H3,(H,14,16). The number of ether oxygens (including phenoxy) is 1. The van der Waals surface area contributed by atoms with Crippen LogP contribution in [0.25, 0.3) is 0 Å². The average molecular weight is 267 g/mol. The number of furan rings is 1. The van der Waals surface area contributed by atoms with E-state index in [1.165, 1.54) is 11.9 Å². The Morgan fingerprint density at radius 1 is 1.53 bits per heavy atom. The van der Waals surface area contributed by atoms with E-state index in [9.17, 15) is 9.59 Å². The topological polar surface area (TPSA) is 97.8 Å². The van der Waals surface area contributed by atoms with E-state index in [-0.39, 0.29) is 30.7 Å². The normalized spacial score (nSPS) is 19.3. The summed E-state index contributed by atoms with van der Waals surface area (Å²) in [4.78, 5) is 25.5. The van der Waals surface area contributed by atoms with Gasteiger partial charge in [0.2, 0.25) is 5.91 Å². The van der Waals surface area contributed by atoms with Gasteiger partial charge in [0.05, 0.1) is 19.8 Å². The van der Waals surface area contributed by atoms with Gasteiger partial charge in [-0.2, -0.15) is 0 Å². The number of nitrogens with one attached hydrogen (secondary N) is 1. The van der Waals surface area contributed by atoms with Crippen LogP contribution in [-0.4, -0.2) is 49.6 Å². The van der Waals surface area contributed by atoms with Gasteiger partial charge in [-0.05, 0) is 12.1 Å². The first-order valence-electron chi connectivity index (χ1n) is 6.06. The van der Waals surface area contributed by atoms with E-state index < -0.39 is 6.04 Å². The van der Waals surface area contributed by atoms with Crippen molar-refractivity contribution in [1.29, 1.82) is 0 Å². The zero-order valence-electron chi connectivity index (χ0n) is 10.7. The molecule has 0 saturated carbocycles. The van der Waals surface area contributed by atoms with Crippen LogP contribution in [0.3, 0.4) is 0 Å². The molecule has 104 valence electrons. The molecule has 0 aliphatic carbocycles. The first-order chi connectivity index (χ1) is 9.17. The van der Waals surface area contributed by atoms with Crippen molar-refractivity contribution in [2.24, 2.45) is 5.73 Å². The number of nitrogens with zero attached hydrogens (tertiary/aromatic N) is 1. The van der Waals surface area contributed by atoms with Gasteiger partial charge in [0.1, 0.15) is 11.8 Å². The van der Waals surface area contributed by atoms with Gasteiger partial charge in [0.25, 0.3) is 5.91 Å². The van der Waals surface area contributed by atoms with Crippen LogP contribution in [0.2, 0.25) is 0 Å². The Morgan fingerprint density at radius 3 is 2.95 bits per heavy atom. The molecule has 7 heteroatoms. The molecular weight excluding hydrogens is 250 g/mol. The number of hydrogen-bond donors (Lipinski definition) is 2. The lowest BCUT2D eigenvalue weighted by molar-refractivity contribution is -0.130. The van der Waals surface area contributed by atoms with Crippen LogP contribution in [-0.2, 0) is 16.1 Å². The molecule has 0 radical (unpaired) electrons. The predicted molar refractivity (Wildman–Crippen MR) is 66.3 cm³/mol. The summed E-state index contributed by atoms with van der Waals surface area (Å²) in [6, 6.07) is 2.60. The van der Waals surface area contributed by atoms with Crippen LogP contribution >= 0.6 is 0 Å². The zero-order valence-corrected chi connectivity index (χ0v) is 10.7. The fourth-order valence-electron chi connectivity index (χ4n) is 1.97. The number of carbonyl (C=O) groups is 2. The van der Waals surface area contributed by atoms with E-state index in [0.717, 1.165) is 0 Å². The molecule has 1 aromatic heterocycles. The molecule has 0 bridgehead atoms. The average Bonchev–Trinajstić information content (AvgIpc) is 2.94. The molecule has 1 atom stereocenters. The molecule has 7 nitrogen and oxygen atoms in total. The number of morpholine rings is 1. The molecule has 1 unspecified atom stereocenters. The van der Waals surface area contributed by atoms with Crippen molar-refractivity contribution in [3.05, 3.63) is 23.7 Å². The molecule has 19 heavy (non-hydrogen) atoms. The van der Waals surface area contributed by atoms with E-state index in [2.05, 4.69) is 5.32 Å². The second-order valence-corrected chi connectivity index (χ2v) is 4.17. The molecule has 1 fully saturated rings. The monoisotopic (exact) mass is 267 g/mol. The van der Waals surface area contributed by atoms with Crippen molar-refractivity contribution in [2.75, 3.05) is 26.8 Å². The molecule has 3 N–H and O–H groups in total. The molecule has 0 spiro atoms. The zero-order chi connectivity index (χ0) is 13.8. The fraction of sp³-hybridized carbons (Fsp3) is 0.500. The Morgan fingerprint density at radius 2 is 2.32 bits per heavy atom. The lowest BCUT2D eigenvalue weighted by Crippen LogP contribution is -2.55. The summed E-state index contributed by atoms with van der Waals surface area (Å²) in [5.41, 5.74) is 5.44. The minimum atomic E-state index is -0.627. The Labute approximate surface area is 110 Å². The first kappa shape index (κ1) is 13.6. The molecule has 2 rings (SSSR count). The Balaban J connectivity index is 2.17. The van der Waals surface area contributed by atoms with Crippen LogP contribution in [0, 0.1) is 0 Å². The SMILES string of the molecule is CNC(=O)C1COCCN1C(=O)c1ccc(CN)o1. The van der Waals surface area contributed by atoms with Gasteiger partial charge in [0.15, 0.2) is 5.76 Å². The highest BCUT2D eigenvalue weighted by atomic mass is 16.5. The van der Waals surface area contributed by atoms with Crippen molar-refractivity contribution >= 4 is 11.8 Å². The van der Waals surface area contributed by atoms with Crippen molar-refractivity contribution < 1.29 is 18.7 Å². The first-order valence-corrected chi connectivity index (χ1v) is 6.06. The molecule has 1 aromatic rings. The Kier molecular flexibility index (Phi) is 4.18. The summed E-state index contributed by atoms with van der Waals surface area (Å²) in [7, 11) is 1.53. The number of likely N-dealkylation sites (N-methyl/N-ethyl adjacent to an activating group) is 1. The van der Waals surface area contributed by atoms with Crippen LogP contribution in [0.4, 0.5) is 0 Å². The van der Waals surface area contributed by atoms with Gasteiger partial charge in [-0.25, -0.2) is 0 Å². The van der Waals surface area contributed by atoms with Gasteiger partial charge in [0, 0.05) is 13.6 Å². The van der Waals surface area contributed by atoms with Crippen molar-refractivity contribution in [1.82, 2.24) is 10.2 Å². The maximum Gasteiger partial charge on any atom is 0.290 e. The molecule has 2 heterocycles. The summed E-state index contributed by atoms with van der Waals surface area (Å²) in [5.74, 6) is 0.152. The fourth-order valence-corrected chi connectivity index (χ4v) is 1.97. The highest BCUT2D eigenvalue weighted by Gasteiger charge is 2.34. The third kappa shape index (κ3) is 2.77. The molecule has 1 aliphatic heterocycles. The van der Waals surface area contributed by atoms with Crippen LogP contribution < -0.4 is 11.1 Å². The predicted octanol–water partition coefficient (Wildman–Crippen LogP) is -0.675. The largest absolute Gasteiger partial charge is 0.455 e. The molecule has 1 saturated heterocycles. The van der Waals surface area contributed by atoms with Crippen LogP contribution in [0.1, 0.15) is 16.3 Å². The lowest BCUT2D eigenvalue weighted by Gasteiger charge is -2.33. The highest BCUT2D eigenvalue weighted by molar-refractivity contribution is 5.95. The van der Waals surface area contributed by atoms with Crippen LogP contribution in [0.15, 0.2) is 16.5 Å². The number of carbonyl (C=O) groups excluding carboxylic acids is 2. The number of amides is 2. The molecule has 2 amide bonds. The van der Waals surface area contributed by atoms with E-state index in [0.29, 0.717) is 18.9 Å². The van der Waals surface area contributed by atoms with Crippen molar-refractivity contribution in [3.8, 4) is 0 Å². The summed E-state index contributed by atoms with van der Waals surface area (Å²) in [6.07, 6.45) is 0. The minimum absolute atomic E-state index is 0.190. The third-order valence-corrected chi connectivity index (χ3v) is 3.01. The Hall–Kier alpha value is -1.86. The second kappa shape index (κ2) is 5.85. The summed E-state index contributed by atoms with van der Waals surface area (Å²) in [6.45, 7) is 1.18. The smallest absolute Gasteiger partial charge is 0.290 e. The van der Waals surface area contributed by atoms with Gasteiger partial charge < -0.3 is 25.1 Å². The van der Waals surface area contributed by atoms with E-state index in [1.807, 2.05) is 0 Å². The number of nitrogens with two attached hydrogens (primary N) is 1. The Bertz CT molecular complexity index is 471. The van der Waals surface area contributed by atoms with Crippen molar-refractivity contribution in [3.63, 3.8) is 0 Å². The van der Waals surface area contributed by atoms with E-state index >= 15 is 0 Å². The number of hydrogen-bond acceptors (Lipinski definition) is 5. The van der Waals surface area contributed by atoms with Gasteiger partial charge in [-0.3, -0.25) is 9.59 Å². The quantitative estimate of drug-likeness (QED) is 0.756. The third-order valence-electron chi connectivity index (χ3n) is 3.01. The summed E-state index contributed by atoms with van der Waals surface area (Å²) >= 11 is 0. The second-order valence-electron chi connectivity index (χ2n) is 4.17.